The lowest BCUT2D eigenvalue weighted by Gasteiger charge is -2.38. The van der Waals surface area contributed by atoms with Crippen LogP contribution in [0.15, 0.2) is 59.1 Å². The predicted molar refractivity (Wildman–Crippen MR) is 137 cm³/mol. The molecule has 9 heteroatoms. The Morgan fingerprint density at radius 3 is 2.29 bits per heavy atom. The van der Waals surface area contributed by atoms with Crippen molar-refractivity contribution in [3.8, 4) is 6.07 Å². The second-order valence-corrected chi connectivity index (χ2v) is 10.0. The van der Waals surface area contributed by atoms with Gasteiger partial charge in [0.1, 0.15) is 6.61 Å². The summed E-state index contributed by atoms with van der Waals surface area (Å²) < 4.78 is 11.6. The molecule has 180 valence electrons. The van der Waals surface area contributed by atoms with Gasteiger partial charge in [-0.1, -0.05) is 58.4 Å². The molecular formula is C25H28BrN3O4S. The summed E-state index contributed by atoms with van der Waals surface area (Å²) in [5.74, 6) is -0.616. The van der Waals surface area contributed by atoms with E-state index in [4.69, 9.17) is 21.7 Å². The second-order valence-electron chi connectivity index (χ2n) is 8.68. The van der Waals surface area contributed by atoms with Gasteiger partial charge in [0.2, 0.25) is 0 Å². The first-order valence-electron chi connectivity index (χ1n) is 10.7. The lowest BCUT2D eigenvalue weighted by atomic mass is 9.75. The molecule has 1 amide bonds. The Kier molecular flexibility index (Phi) is 9.59. The van der Waals surface area contributed by atoms with Gasteiger partial charge >= 0.3 is 12.1 Å². The quantitative estimate of drug-likeness (QED) is 0.341. The number of alkyl carbamates (subject to hydrolysis) is 1. The van der Waals surface area contributed by atoms with Crippen molar-refractivity contribution in [2.45, 2.75) is 52.4 Å². The van der Waals surface area contributed by atoms with Crippen LogP contribution in [0.2, 0.25) is 0 Å². The molecule has 0 bridgehead atoms. The average Bonchev–Trinajstić information content (AvgIpc) is 2.77. The lowest BCUT2D eigenvalue weighted by molar-refractivity contribution is -0.156. The molecule has 0 spiro atoms. The average molecular weight is 546 g/mol. The van der Waals surface area contributed by atoms with Gasteiger partial charge in [-0.2, -0.15) is 5.26 Å². The van der Waals surface area contributed by atoms with E-state index in [0.29, 0.717) is 5.56 Å². The van der Waals surface area contributed by atoms with E-state index < -0.39 is 29.1 Å². The molecule has 0 radical (unpaired) electrons. The highest BCUT2D eigenvalue weighted by Gasteiger charge is 2.47. The number of carbonyl (C=O) groups excluding carboxylic acids is 2. The molecule has 0 saturated carbocycles. The number of thiocarbonyl (C=S) groups is 1. The molecule has 0 fully saturated rings. The number of nitrogens with one attached hydrogen (secondary N) is 2. The van der Waals surface area contributed by atoms with Crippen LogP contribution in [0, 0.1) is 16.7 Å². The molecular weight excluding hydrogens is 518 g/mol. The van der Waals surface area contributed by atoms with Crippen LogP contribution < -0.4 is 10.6 Å². The Hall–Kier alpha value is -2.96. The Morgan fingerprint density at radius 1 is 1.12 bits per heavy atom. The second kappa shape index (κ2) is 12.0. The van der Waals surface area contributed by atoms with Gasteiger partial charge in [0.05, 0.1) is 17.6 Å². The summed E-state index contributed by atoms with van der Waals surface area (Å²) in [7, 11) is 0. The summed E-state index contributed by atoms with van der Waals surface area (Å²) in [5, 5.41) is 15.0. The number of benzene rings is 2. The molecule has 2 rings (SSSR count). The number of hydrogen-bond acceptors (Lipinski definition) is 6. The molecule has 34 heavy (non-hydrogen) atoms. The summed E-state index contributed by atoms with van der Waals surface area (Å²) in [6.45, 7) is 6.96. The molecule has 0 heterocycles. The number of hydrogen-bond donors (Lipinski definition) is 2. The van der Waals surface area contributed by atoms with E-state index in [1.807, 2.05) is 30.3 Å². The smallest absolute Gasteiger partial charge is 0.413 e. The van der Waals surface area contributed by atoms with Crippen LogP contribution in [-0.2, 0) is 26.4 Å². The normalized spacial score (nSPS) is 12.7. The van der Waals surface area contributed by atoms with Gasteiger partial charge in [0.15, 0.2) is 10.7 Å². The number of amides is 1. The fourth-order valence-electron chi connectivity index (χ4n) is 3.29. The van der Waals surface area contributed by atoms with Gasteiger partial charge in [-0.05, 0) is 63.2 Å². The molecule has 1 atom stereocenters. The van der Waals surface area contributed by atoms with Crippen LogP contribution in [0.4, 0.5) is 4.79 Å². The minimum atomic E-state index is -1.53. The number of carbonyl (C=O) groups is 2. The van der Waals surface area contributed by atoms with Crippen molar-refractivity contribution in [2.24, 2.45) is 5.41 Å². The highest BCUT2D eigenvalue weighted by atomic mass is 79.9. The fraction of sp³-hybridized carbons (Fsp3) is 0.360. The molecule has 2 aromatic rings. The number of esters is 1. The van der Waals surface area contributed by atoms with Gasteiger partial charge in [-0.3, -0.25) is 5.32 Å². The summed E-state index contributed by atoms with van der Waals surface area (Å²) in [6.07, 6.45) is -1.15. The Morgan fingerprint density at radius 2 is 1.74 bits per heavy atom. The summed E-state index contributed by atoms with van der Waals surface area (Å²) in [5.41, 5.74) is -1.11. The van der Waals surface area contributed by atoms with E-state index in [1.165, 1.54) is 0 Å². The van der Waals surface area contributed by atoms with E-state index in [0.717, 1.165) is 10.0 Å². The van der Waals surface area contributed by atoms with E-state index in [1.54, 1.807) is 52.0 Å². The largest absolute Gasteiger partial charge is 0.461 e. The van der Waals surface area contributed by atoms with Crippen molar-refractivity contribution < 1.29 is 19.1 Å². The van der Waals surface area contributed by atoms with Crippen LogP contribution in [0.5, 0.6) is 0 Å². The van der Waals surface area contributed by atoms with Crippen LogP contribution in [0.3, 0.4) is 0 Å². The van der Waals surface area contributed by atoms with Crippen molar-refractivity contribution in [3.05, 3.63) is 70.2 Å². The van der Waals surface area contributed by atoms with Crippen molar-refractivity contribution >= 4 is 45.3 Å². The van der Waals surface area contributed by atoms with Crippen molar-refractivity contribution in [1.82, 2.24) is 10.6 Å². The highest BCUT2D eigenvalue weighted by Crippen LogP contribution is 2.37. The van der Waals surface area contributed by atoms with E-state index >= 15 is 0 Å². The van der Waals surface area contributed by atoms with Gasteiger partial charge in [-0.15, -0.1) is 0 Å². The van der Waals surface area contributed by atoms with E-state index in [-0.39, 0.29) is 18.1 Å². The third kappa shape index (κ3) is 7.82. The highest BCUT2D eigenvalue weighted by molar-refractivity contribution is 9.10. The maximum atomic E-state index is 13.5. The molecule has 0 aromatic heterocycles. The molecule has 0 aliphatic rings. The van der Waals surface area contributed by atoms with Gasteiger partial charge in [0.25, 0.3) is 0 Å². The fourth-order valence-corrected chi connectivity index (χ4v) is 3.81. The van der Waals surface area contributed by atoms with Gasteiger partial charge in [0, 0.05) is 10.9 Å². The number of halogens is 1. The number of nitrogens with zero attached hydrogens (tertiary/aromatic N) is 1. The van der Waals surface area contributed by atoms with Crippen molar-refractivity contribution in [3.63, 3.8) is 0 Å². The van der Waals surface area contributed by atoms with Crippen molar-refractivity contribution in [1.29, 1.82) is 5.26 Å². The molecule has 2 N–H and O–H groups in total. The summed E-state index contributed by atoms with van der Waals surface area (Å²) >= 11 is 8.77. The first-order valence-corrected chi connectivity index (χ1v) is 11.9. The number of ether oxygens (including phenoxy) is 2. The Bertz CT molecular complexity index is 1050. The van der Waals surface area contributed by atoms with E-state index in [9.17, 15) is 14.9 Å². The van der Waals surface area contributed by atoms with Crippen LogP contribution in [0.25, 0.3) is 0 Å². The first kappa shape index (κ1) is 27.3. The SMILES string of the molecule is CC(C)OC(=O)C(CC(C)(C)C#N)(NC(=S)NC(=O)OCc1ccccc1)c1ccc(Br)cc1. The monoisotopic (exact) mass is 545 g/mol. The third-order valence-corrected chi connectivity index (χ3v) is 5.53. The van der Waals surface area contributed by atoms with Gasteiger partial charge < -0.3 is 14.8 Å². The predicted octanol–water partition coefficient (Wildman–Crippen LogP) is 5.34. The zero-order chi connectivity index (χ0) is 25.4. The summed E-state index contributed by atoms with van der Waals surface area (Å²) in [4.78, 5) is 25.8. The summed E-state index contributed by atoms with van der Waals surface area (Å²) in [6, 6.07) is 18.5. The molecule has 0 aliphatic carbocycles. The topological polar surface area (TPSA) is 100 Å². The zero-order valence-corrected chi connectivity index (χ0v) is 22.0. The van der Waals surface area contributed by atoms with Crippen LogP contribution in [0.1, 0.15) is 45.2 Å². The number of rotatable bonds is 8. The molecule has 1 unspecified atom stereocenters. The standard InChI is InChI=1S/C25H28BrN3O4S/c1-17(2)33-21(30)25(15-24(3,4)16-27,19-10-12-20(26)13-11-19)29-22(34)28-23(31)32-14-18-8-6-5-7-9-18/h5-13,17H,14-15H2,1-4H3,(H2,28,29,31,34). The minimum Gasteiger partial charge on any atom is -0.461 e. The van der Waals surface area contributed by atoms with Crippen molar-refractivity contribution in [2.75, 3.05) is 0 Å². The molecule has 2 aromatic carbocycles. The number of nitriles is 1. The Balaban J connectivity index is 2.33. The third-order valence-electron chi connectivity index (χ3n) is 4.79. The Labute approximate surface area is 214 Å². The van der Waals surface area contributed by atoms with E-state index in [2.05, 4.69) is 32.6 Å². The molecule has 0 aliphatic heterocycles. The lowest BCUT2D eigenvalue weighted by Crippen LogP contribution is -2.58. The van der Waals surface area contributed by atoms with Crippen LogP contribution >= 0.6 is 28.1 Å². The first-order chi connectivity index (χ1) is 16.0. The van der Waals surface area contributed by atoms with Crippen LogP contribution in [-0.4, -0.2) is 23.3 Å². The van der Waals surface area contributed by atoms with Gasteiger partial charge in [-0.25, -0.2) is 9.59 Å². The zero-order valence-electron chi connectivity index (χ0n) is 19.6. The molecule has 7 nitrogen and oxygen atoms in total. The molecule has 0 saturated heterocycles. The minimum absolute atomic E-state index is 0.0323. The maximum absolute atomic E-state index is 13.5. The maximum Gasteiger partial charge on any atom is 0.413 e.